The van der Waals surface area contributed by atoms with Gasteiger partial charge in [-0.2, -0.15) is 0 Å². The van der Waals surface area contributed by atoms with Crippen LogP contribution >= 0.6 is 11.3 Å². The van der Waals surface area contributed by atoms with Crippen molar-refractivity contribution in [1.29, 1.82) is 0 Å². The maximum Gasteiger partial charge on any atom is 0.340 e. The average molecular weight is 278 g/mol. The highest BCUT2D eigenvalue weighted by Crippen LogP contribution is 2.19. The number of carbonyl (C=O) groups is 1. The number of hydrogen-bond donors (Lipinski definition) is 2. The van der Waals surface area contributed by atoms with E-state index in [2.05, 4.69) is 15.3 Å². The Labute approximate surface area is 114 Å². The highest BCUT2D eigenvalue weighted by molar-refractivity contribution is 7.09. The van der Waals surface area contributed by atoms with Crippen molar-refractivity contribution < 1.29 is 9.53 Å². The van der Waals surface area contributed by atoms with Gasteiger partial charge in [0.15, 0.2) is 0 Å². The van der Waals surface area contributed by atoms with E-state index >= 15 is 0 Å². The number of nitrogens with two attached hydrogens (primary N) is 1. The Kier molecular flexibility index (Phi) is 3.96. The predicted molar refractivity (Wildman–Crippen MR) is 74.2 cm³/mol. The van der Waals surface area contributed by atoms with Crippen molar-refractivity contribution >= 4 is 28.8 Å². The second kappa shape index (κ2) is 5.66. The van der Waals surface area contributed by atoms with Gasteiger partial charge in [0.2, 0.25) is 0 Å². The monoisotopic (exact) mass is 278 g/mol. The second-order valence-electron chi connectivity index (χ2n) is 3.86. The maximum absolute atomic E-state index is 11.6. The van der Waals surface area contributed by atoms with Crippen LogP contribution in [0.4, 0.5) is 11.5 Å². The van der Waals surface area contributed by atoms with Crippen LogP contribution < -0.4 is 11.1 Å². The van der Waals surface area contributed by atoms with Crippen molar-refractivity contribution in [1.82, 2.24) is 9.97 Å². The first-order chi connectivity index (χ1) is 9.10. The summed E-state index contributed by atoms with van der Waals surface area (Å²) in [7, 11) is 1.33. The molecule has 7 heteroatoms. The zero-order valence-corrected chi connectivity index (χ0v) is 11.5. The normalized spacial score (nSPS) is 10.2. The summed E-state index contributed by atoms with van der Waals surface area (Å²) in [5, 5.41) is 6.07. The first-order valence-corrected chi connectivity index (χ1v) is 6.47. The van der Waals surface area contributed by atoms with Gasteiger partial charge in [0, 0.05) is 5.38 Å². The number of anilines is 2. The lowest BCUT2D eigenvalue weighted by molar-refractivity contribution is 0.0601. The predicted octanol–water partition coefficient (Wildman–Crippen LogP) is 1.83. The topological polar surface area (TPSA) is 90.1 Å². The third-order valence-electron chi connectivity index (χ3n) is 2.46. The number of ether oxygens (including phenoxy) is 1. The molecule has 0 atom stereocenters. The highest BCUT2D eigenvalue weighted by atomic mass is 32.1. The molecule has 0 radical (unpaired) electrons. The minimum Gasteiger partial charge on any atom is -0.465 e. The lowest BCUT2D eigenvalue weighted by Gasteiger charge is -2.09. The fourth-order valence-electron chi connectivity index (χ4n) is 1.57. The Bertz CT molecular complexity index is 597. The fraction of sp³-hybridized carbons (Fsp3) is 0.250. The van der Waals surface area contributed by atoms with E-state index in [1.54, 1.807) is 11.3 Å². The molecule has 6 nitrogen and oxygen atoms in total. The molecular formula is C12H14N4O2S. The lowest BCUT2D eigenvalue weighted by Crippen LogP contribution is -2.10. The van der Waals surface area contributed by atoms with E-state index in [0.717, 1.165) is 10.7 Å². The van der Waals surface area contributed by atoms with Crippen LogP contribution in [-0.2, 0) is 11.3 Å². The molecule has 0 bridgehead atoms. The molecule has 2 heterocycles. The van der Waals surface area contributed by atoms with Crippen LogP contribution in [0.1, 0.15) is 21.1 Å². The minimum atomic E-state index is -0.453. The van der Waals surface area contributed by atoms with Crippen LogP contribution in [0, 0.1) is 6.92 Å². The van der Waals surface area contributed by atoms with Crippen molar-refractivity contribution in [3.05, 3.63) is 33.9 Å². The smallest absolute Gasteiger partial charge is 0.340 e. The Morgan fingerprint density at radius 3 is 3.00 bits per heavy atom. The molecular weight excluding hydrogens is 264 g/mol. The van der Waals surface area contributed by atoms with Gasteiger partial charge >= 0.3 is 5.97 Å². The molecule has 2 aromatic heterocycles. The van der Waals surface area contributed by atoms with Gasteiger partial charge in [0.05, 0.1) is 41.8 Å². The molecule has 100 valence electrons. The first-order valence-electron chi connectivity index (χ1n) is 5.59. The number of carbonyl (C=O) groups excluding carboxylic acids is 1. The number of esters is 1. The summed E-state index contributed by atoms with van der Waals surface area (Å²) in [5.74, 6) is -0.179. The molecule has 0 aliphatic rings. The van der Waals surface area contributed by atoms with Gasteiger partial charge < -0.3 is 15.8 Å². The summed E-state index contributed by atoms with van der Waals surface area (Å²) in [4.78, 5) is 19.9. The molecule has 2 aromatic rings. The molecule has 0 spiro atoms. The van der Waals surface area contributed by atoms with Crippen LogP contribution in [0.2, 0.25) is 0 Å². The number of methoxy groups -OCH3 is 1. The molecule has 0 aliphatic heterocycles. The number of pyridine rings is 1. The van der Waals surface area contributed by atoms with Crippen LogP contribution in [0.5, 0.6) is 0 Å². The first kappa shape index (κ1) is 13.3. The number of aryl methyl sites for hydroxylation is 1. The van der Waals surface area contributed by atoms with Gasteiger partial charge in [0.25, 0.3) is 0 Å². The number of rotatable bonds is 4. The van der Waals surface area contributed by atoms with Gasteiger partial charge in [-0.1, -0.05) is 0 Å². The largest absolute Gasteiger partial charge is 0.465 e. The molecule has 0 aliphatic carbocycles. The van der Waals surface area contributed by atoms with Gasteiger partial charge in [-0.3, -0.25) is 0 Å². The quantitative estimate of drug-likeness (QED) is 0.829. The maximum atomic E-state index is 11.6. The van der Waals surface area contributed by atoms with Gasteiger partial charge in [-0.25, -0.2) is 14.8 Å². The van der Waals surface area contributed by atoms with Gasteiger partial charge in [0.1, 0.15) is 5.82 Å². The number of nitrogen functional groups attached to an aromatic ring is 1. The third-order valence-corrected chi connectivity index (χ3v) is 3.28. The van der Waals surface area contributed by atoms with Gasteiger partial charge in [-0.15, -0.1) is 11.3 Å². The van der Waals surface area contributed by atoms with E-state index in [-0.39, 0.29) is 5.82 Å². The molecule has 3 N–H and O–H groups in total. The zero-order valence-electron chi connectivity index (χ0n) is 10.6. The molecule has 0 fully saturated rings. The van der Waals surface area contributed by atoms with Crippen LogP contribution in [0.25, 0.3) is 0 Å². The number of hydrogen-bond acceptors (Lipinski definition) is 7. The summed E-state index contributed by atoms with van der Waals surface area (Å²) < 4.78 is 4.71. The zero-order chi connectivity index (χ0) is 13.8. The number of thiazole rings is 1. The highest BCUT2D eigenvalue weighted by Gasteiger charge is 2.13. The van der Waals surface area contributed by atoms with Crippen molar-refractivity contribution in [2.45, 2.75) is 13.5 Å². The summed E-state index contributed by atoms with van der Waals surface area (Å²) >= 11 is 1.58. The molecule has 0 unspecified atom stereocenters. The van der Waals surface area contributed by atoms with Crippen molar-refractivity contribution in [3.8, 4) is 0 Å². The summed E-state index contributed by atoms with van der Waals surface area (Å²) in [6, 6.07) is 1.49. The number of nitrogens with zero attached hydrogens (tertiary/aromatic N) is 2. The summed E-state index contributed by atoms with van der Waals surface area (Å²) in [6.45, 7) is 2.46. The molecule has 0 saturated carbocycles. The Hall–Kier alpha value is -2.15. The number of aromatic nitrogens is 2. The van der Waals surface area contributed by atoms with Crippen LogP contribution in [-0.4, -0.2) is 23.0 Å². The van der Waals surface area contributed by atoms with E-state index in [1.165, 1.54) is 19.4 Å². The van der Waals surface area contributed by atoms with E-state index < -0.39 is 5.97 Å². The molecule has 19 heavy (non-hydrogen) atoms. The van der Waals surface area contributed by atoms with Crippen molar-refractivity contribution in [2.24, 2.45) is 0 Å². The SMILES string of the molecule is COC(=O)c1cc(N)ncc1NCc1csc(C)n1. The van der Waals surface area contributed by atoms with Crippen LogP contribution in [0.15, 0.2) is 17.6 Å². The Balaban J connectivity index is 2.17. The minimum absolute atomic E-state index is 0.274. The van der Waals surface area contributed by atoms with Crippen LogP contribution in [0.3, 0.4) is 0 Å². The average Bonchev–Trinajstić information content (AvgIpc) is 2.82. The molecule has 0 saturated heterocycles. The Morgan fingerprint density at radius 1 is 1.58 bits per heavy atom. The standard InChI is InChI=1S/C12H14N4O2S/c1-7-16-8(6-19-7)4-14-10-5-15-11(13)3-9(10)12(17)18-2/h3,5-6,14H,4H2,1-2H3,(H2,13,15). The fourth-order valence-corrected chi connectivity index (χ4v) is 2.18. The molecule has 0 aromatic carbocycles. The van der Waals surface area contributed by atoms with E-state index in [9.17, 15) is 4.79 Å². The van der Waals surface area contributed by atoms with Crippen molar-refractivity contribution in [3.63, 3.8) is 0 Å². The van der Waals surface area contributed by atoms with Gasteiger partial charge in [-0.05, 0) is 13.0 Å². The van der Waals surface area contributed by atoms with E-state index in [0.29, 0.717) is 17.8 Å². The lowest BCUT2D eigenvalue weighted by atomic mass is 10.2. The summed E-state index contributed by atoms with van der Waals surface area (Å²) in [5.41, 5.74) is 7.42. The third kappa shape index (κ3) is 3.19. The second-order valence-corrected chi connectivity index (χ2v) is 4.92. The number of nitrogens with one attached hydrogen (secondary N) is 1. The van der Waals surface area contributed by atoms with E-state index in [1.807, 2.05) is 12.3 Å². The summed E-state index contributed by atoms with van der Waals surface area (Å²) in [6.07, 6.45) is 1.51. The van der Waals surface area contributed by atoms with E-state index in [4.69, 9.17) is 10.5 Å². The molecule has 0 amide bonds. The molecule has 2 rings (SSSR count). The Morgan fingerprint density at radius 2 is 2.37 bits per heavy atom. The van der Waals surface area contributed by atoms with Crippen molar-refractivity contribution in [2.75, 3.05) is 18.2 Å².